The Morgan fingerprint density at radius 1 is 1.27 bits per heavy atom. The topological polar surface area (TPSA) is 86.7 Å². The van der Waals surface area contributed by atoms with Gasteiger partial charge in [-0.1, -0.05) is 13.3 Å². The van der Waals surface area contributed by atoms with Crippen LogP contribution >= 0.6 is 0 Å². The molecule has 0 spiro atoms. The number of nitrogens with zero attached hydrogens (tertiary/aromatic N) is 1. The molecule has 1 aliphatic rings. The summed E-state index contributed by atoms with van der Waals surface area (Å²) in [5, 5.41) is 11.7. The Bertz CT molecular complexity index is 610. The van der Waals surface area contributed by atoms with Crippen molar-refractivity contribution >= 4 is 17.7 Å². The zero-order valence-electron chi connectivity index (χ0n) is 12.8. The minimum absolute atomic E-state index is 0.130. The van der Waals surface area contributed by atoms with E-state index in [1.54, 1.807) is 6.92 Å². The summed E-state index contributed by atoms with van der Waals surface area (Å²) in [6.07, 6.45) is 0.999. The number of fused-ring (bicyclic) bond motifs is 1. The molecule has 6 heteroatoms. The molecule has 22 heavy (non-hydrogen) atoms. The van der Waals surface area contributed by atoms with Crippen LogP contribution in [0.5, 0.6) is 0 Å². The molecule has 0 fully saturated rings. The van der Waals surface area contributed by atoms with E-state index >= 15 is 0 Å². The number of amides is 3. The highest BCUT2D eigenvalue weighted by atomic mass is 16.3. The van der Waals surface area contributed by atoms with Gasteiger partial charge in [0.2, 0.25) is 0 Å². The van der Waals surface area contributed by atoms with E-state index in [0.717, 1.165) is 12.8 Å². The molecule has 1 aromatic carbocycles. The number of hydrogen-bond acceptors (Lipinski definition) is 4. The Morgan fingerprint density at radius 2 is 1.95 bits per heavy atom. The molecule has 1 aliphatic heterocycles. The van der Waals surface area contributed by atoms with Crippen molar-refractivity contribution in [2.75, 3.05) is 13.1 Å². The Morgan fingerprint density at radius 3 is 2.59 bits per heavy atom. The first-order valence-electron chi connectivity index (χ1n) is 7.42. The van der Waals surface area contributed by atoms with E-state index < -0.39 is 6.10 Å². The van der Waals surface area contributed by atoms with E-state index in [4.69, 9.17) is 0 Å². The molecule has 0 aromatic heterocycles. The third kappa shape index (κ3) is 3.17. The van der Waals surface area contributed by atoms with Crippen molar-refractivity contribution in [1.82, 2.24) is 10.2 Å². The van der Waals surface area contributed by atoms with Crippen molar-refractivity contribution in [3.63, 3.8) is 0 Å². The van der Waals surface area contributed by atoms with Crippen LogP contribution in [0.15, 0.2) is 18.2 Å². The zero-order chi connectivity index (χ0) is 16.3. The van der Waals surface area contributed by atoms with E-state index in [2.05, 4.69) is 5.32 Å². The van der Waals surface area contributed by atoms with E-state index in [-0.39, 0.29) is 29.8 Å². The predicted molar refractivity (Wildman–Crippen MR) is 80.7 cm³/mol. The maximum atomic E-state index is 12.3. The molecular formula is C16H20N2O4. The van der Waals surface area contributed by atoms with Crippen LogP contribution in [0.3, 0.4) is 0 Å². The van der Waals surface area contributed by atoms with Gasteiger partial charge in [-0.3, -0.25) is 19.3 Å². The lowest BCUT2D eigenvalue weighted by Gasteiger charge is -2.12. The number of rotatable bonds is 6. The molecule has 6 nitrogen and oxygen atoms in total. The SMILES string of the molecule is CCCCN1C(=O)c2ccc(C(=O)NC[C@H](C)O)cc2C1=O. The van der Waals surface area contributed by atoms with E-state index in [1.165, 1.54) is 23.1 Å². The molecule has 1 atom stereocenters. The largest absolute Gasteiger partial charge is 0.392 e. The van der Waals surface area contributed by atoms with Crippen molar-refractivity contribution in [3.8, 4) is 0 Å². The summed E-state index contributed by atoms with van der Waals surface area (Å²) in [6, 6.07) is 4.47. The number of carbonyl (C=O) groups excluding carboxylic acids is 3. The van der Waals surface area contributed by atoms with Crippen molar-refractivity contribution < 1.29 is 19.5 Å². The van der Waals surface area contributed by atoms with Crippen molar-refractivity contribution in [2.45, 2.75) is 32.8 Å². The summed E-state index contributed by atoms with van der Waals surface area (Å²) in [5.41, 5.74) is 0.914. The van der Waals surface area contributed by atoms with Gasteiger partial charge < -0.3 is 10.4 Å². The first-order chi connectivity index (χ1) is 10.5. The van der Waals surface area contributed by atoms with Gasteiger partial charge in [0.25, 0.3) is 17.7 Å². The molecule has 0 saturated carbocycles. The predicted octanol–water partition coefficient (Wildman–Crippen LogP) is 1.19. The van der Waals surface area contributed by atoms with Crippen molar-refractivity contribution in [3.05, 3.63) is 34.9 Å². The Hall–Kier alpha value is -2.21. The Kier molecular flexibility index (Phi) is 4.92. The van der Waals surface area contributed by atoms with Gasteiger partial charge in [-0.25, -0.2) is 0 Å². The summed E-state index contributed by atoms with van der Waals surface area (Å²) in [7, 11) is 0. The van der Waals surface area contributed by atoms with Crippen molar-refractivity contribution in [1.29, 1.82) is 0 Å². The van der Waals surface area contributed by atoms with Crippen LogP contribution in [0.25, 0.3) is 0 Å². The fourth-order valence-corrected chi connectivity index (χ4v) is 2.29. The Balaban J connectivity index is 2.20. The first kappa shape index (κ1) is 16.2. The molecule has 1 heterocycles. The van der Waals surface area contributed by atoms with E-state index in [1.807, 2.05) is 6.92 Å². The average molecular weight is 304 g/mol. The van der Waals surface area contributed by atoms with Crippen LogP contribution in [0.1, 0.15) is 57.8 Å². The number of aliphatic hydroxyl groups is 1. The fourth-order valence-electron chi connectivity index (χ4n) is 2.29. The van der Waals surface area contributed by atoms with Crippen LogP contribution in [0.4, 0.5) is 0 Å². The molecule has 0 unspecified atom stereocenters. The van der Waals surface area contributed by atoms with Gasteiger partial charge in [0.1, 0.15) is 0 Å². The summed E-state index contributed by atoms with van der Waals surface area (Å²) < 4.78 is 0. The molecule has 0 radical (unpaired) electrons. The Labute approximate surface area is 129 Å². The van der Waals surface area contributed by atoms with E-state index in [9.17, 15) is 19.5 Å². The smallest absolute Gasteiger partial charge is 0.261 e. The second-order valence-electron chi connectivity index (χ2n) is 5.43. The highest BCUT2D eigenvalue weighted by molar-refractivity contribution is 6.22. The number of nitrogens with one attached hydrogen (secondary N) is 1. The highest BCUT2D eigenvalue weighted by Gasteiger charge is 2.35. The first-order valence-corrected chi connectivity index (χ1v) is 7.42. The normalized spacial score (nSPS) is 15.0. The number of benzene rings is 1. The minimum atomic E-state index is -0.647. The van der Waals surface area contributed by atoms with Gasteiger partial charge >= 0.3 is 0 Å². The zero-order valence-corrected chi connectivity index (χ0v) is 12.8. The lowest BCUT2D eigenvalue weighted by Crippen LogP contribution is -2.31. The standard InChI is InChI=1S/C16H20N2O4/c1-3-4-7-18-15(21)12-6-5-11(8-13(12)16(18)22)14(20)17-9-10(2)19/h5-6,8,10,19H,3-4,7,9H2,1-2H3,(H,17,20)/t10-/m0/s1. The molecule has 1 aromatic rings. The molecule has 2 rings (SSSR count). The third-order valence-electron chi connectivity index (χ3n) is 3.53. The molecule has 0 bridgehead atoms. The molecular weight excluding hydrogens is 284 g/mol. The average Bonchev–Trinajstić information content (AvgIpc) is 2.74. The monoisotopic (exact) mass is 304 g/mol. The molecule has 2 N–H and O–H groups in total. The second kappa shape index (κ2) is 6.70. The van der Waals surface area contributed by atoms with Gasteiger partial charge in [0.15, 0.2) is 0 Å². The second-order valence-corrected chi connectivity index (χ2v) is 5.43. The highest BCUT2D eigenvalue weighted by Crippen LogP contribution is 2.24. The number of hydrogen-bond donors (Lipinski definition) is 2. The lowest BCUT2D eigenvalue weighted by molar-refractivity contribution is 0.0652. The third-order valence-corrected chi connectivity index (χ3v) is 3.53. The summed E-state index contributed by atoms with van der Waals surface area (Å²) in [5.74, 6) is -1.03. The molecule has 3 amide bonds. The van der Waals surface area contributed by atoms with Crippen LogP contribution < -0.4 is 5.32 Å². The minimum Gasteiger partial charge on any atom is -0.392 e. The summed E-state index contributed by atoms with van der Waals surface area (Å²) in [4.78, 5) is 37.7. The number of imide groups is 1. The van der Waals surface area contributed by atoms with Crippen LogP contribution in [0.2, 0.25) is 0 Å². The van der Waals surface area contributed by atoms with E-state index in [0.29, 0.717) is 17.7 Å². The maximum absolute atomic E-state index is 12.3. The molecule has 118 valence electrons. The van der Waals surface area contributed by atoms with Gasteiger partial charge in [-0.05, 0) is 31.5 Å². The number of unbranched alkanes of at least 4 members (excludes halogenated alkanes) is 1. The maximum Gasteiger partial charge on any atom is 0.261 e. The van der Waals surface area contributed by atoms with Crippen LogP contribution in [-0.2, 0) is 0 Å². The summed E-state index contributed by atoms with van der Waals surface area (Å²) >= 11 is 0. The van der Waals surface area contributed by atoms with Crippen LogP contribution in [-0.4, -0.2) is 46.9 Å². The van der Waals surface area contributed by atoms with Crippen molar-refractivity contribution in [2.24, 2.45) is 0 Å². The van der Waals surface area contributed by atoms with Crippen LogP contribution in [0, 0.1) is 0 Å². The quantitative estimate of drug-likeness (QED) is 0.773. The lowest BCUT2D eigenvalue weighted by atomic mass is 10.1. The van der Waals surface area contributed by atoms with Gasteiger partial charge in [-0.2, -0.15) is 0 Å². The number of carbonyl (C=O) groups is 3. The molecule has 0 saturated heterocycles. The van der Waals surface area contributed by atoms with Gasteiger partial charge in [0.05, 0.1) is 17.2 Å². The number of aliphatic hydroxyl groups excluding tert-OH is 1. The van der Waals surface area contributed by atoms with Gasteiger partial charge in [0, 0.05) is 18.7 Å². The van der Waals surface area contributed by atoms with Gasteiger partial charge in [-0.15, -0.1) is 0 Å². The molecule has 0 aliphatic carbocycles. The fraction of sp³-hybridized carbons (Fsp3) is 0.438. The summed E-state index contributed by atoms with van der Waals surface area (Å²) in [6.45, 7) is 4.08.